The van der Waals surface area contributed by atoms with Crippen molar-refractivity contribution in [1.29, 1.82) is 0 Å². The molecule has 24 heavy (non-hydrogen) atoms. The number of carbonyl (C=O) groups excluding carboxylic acids is 2. The summed E-state index contributed by atoms with van der Waals surface area (Å²) in [6.45, 7) is 1.42. The summed E-state index contributed by atoms with van der Waals surface area (Å²) in [5.74, 6) is 1.97. The zero-order valence-corrected chi connectivity index (χ0v) is 13.6. The van der Waals surface area contributed by atoms with E-state index < -0.39 is 0 Å². The van der Waals surface area contributed by atoms with Crippen LogP contribution in [0.25, 0.3) is 0 Å². The fraction of sp³-hybridized carbons (Fsp3) is 0.556. The van der Waals surface area contributed by atoms with E-state index in [0.717, 1.165) is 31.4 Å². The fourth-order valence-corrected chi connectivity index (χ4v) is 3.80. The van der Waals surface area contributed by atoms with E-state index >= 15 is 0 Å². The Hall–Kier alpha value is -2.24. The number of hydrogen-bond donors (Lipinski definition) is 1. The first kappa shape index (κ1) is 15.3. The minimum Gasteiger partial charge on any atom is -0.454 e. The average molecular weight is 330 g/mol. The minimum atomic E-state index is 0.0916. The van der Waals surface area contributed by atoms with E-state index in [1.165, 1.54) is 0 Å². The van der Waals surface area contributed by atoms with Gasteiger partial charge in [-0.25, -0.2) is 0 Å². The predicted octanol–water partition coefficient (Wildman–Crippen LogP) is 2.07. The summed E-state index contributed by atoms with van der Waals surface area (Å²) < 4.78 is 10.7. The molecule has 1 aliphatic carbocycles. The highest BCUT2D eigenvalue weighted by Gasteiger charge is 2.32. The van der Waals surface area contributed by atoms with Crippen LogP contribution in [0.3, 0.4) is 0 Å². The first-order chi connectivity index (χ1) is 11.7. The van der Waals surface area contributed by atoms with Crippen molar-refractivity contribution in [2.24, 2.45) is 11.8 Å². The smallest absolute Gasteiger partial charge is 0.231 e. The number of ether oxygens (including phenoxy) is 2. The molecule has 0 spiro atoms. The molecule has 1 aromatic carbocycles. The first-order valence-corrected chi connectivity index (χ1v) is 8.68. The molecule has 1 N–H and O–H groups in total. The lowest BCUT2D eigenvalue weighted by atomic mass is 10.1. The molecule has 6 nitrogen and oxygen atoms in total. The SMILES string of the molecule is O=C(NC[C@@H]1CC(=O)N(c2ccc3c(c2)OCO3)C1)C1CCCC1. The maximum absolute atomic E-state index is 12.3. The van der Waals surface area contributed by atoms with Crippen molar-refractivity contribution in [3.8, 4) is 11.5 Å². The maximum atomic E-state index is 12.3. The van der Waals surface area contributed by atoms with Gasteiger partial charge in [0.2, 0.25) is 18.6 Å². The number of anilines is 1. The van der Waals surface area contributed by atoms with Gasteiger partial charge in [-0.1, -0.05) is 12.8 Å². The third-order valence-electron chi connectivity index (χ3n) is 5.16. The molecule has 2 aliphatic heterocycles. The molecule has 3 aliphatic rings. The van der Waals surface area contributed by atoms with Crippen LogP contribution in [0.15, 0.2) is 18.2 Å². The molecule has 1 atom stereocenters. The molecule has 1 aromatic rings. The summed E-state index contributed by atoms with van der Waals surface area (Å²) in [6.07, 6.45) is 4.77. The van der Waals surface area contributed by atoms with E-state index in [4.69, 9.17) is 9.47 Å². The number of carbonyl (C=O) groups is 2. The molecule has 0 aromatic heterocycles. The fourth-order valence-electron chi connectivity index (χ4n) is 3.80. The highest BCUT2D eigenvalue weighted by molar-refractivity contribution is 5.96. The molecule has 128 valence electrons. The molecule has 6 heteroatoms. The van der Waals surface area contributed by atoms with E-state index in [0.29, 0.717) is 31.0 Å². The van der Waals surface area contributed by atoms with Gasteiger partial charge in [0, 0.05) is 43.1 Å². The predicted molar refractivity (Wildman–Crippen MR) is 88.0 cm³/mol. The quantitative estimate of drug-likeness (QED) is 0.918. The van der Waals surface area contributed by atoms with E-state index in [1.807, 2.05) is 18.2 Å². The van der Waals surface area contributed by atoms with Gasteiger partial charge in [0.25, 0.3) is 0 Å². The van der Waals surface area contributed by atoms with Crippen molar-refractivity contribution in [2.45, 2.75) is 32.1 Å². The molecule has 4 rings (SSSR count). The summed E-state index contributed by atoms with van der Waals surface area (Å²) in [7, 11) is 0. The lowest BCUT2D eigenvalue weighted by molar-refractivity contribution is -0.125. The number of benzene rings is 1. The Balaban J connectivity index is 1.35. The molecule has 0 bridgehead atoms. The third-order valence-corrected chi connectivity index (χ3v) is 5.16. The molecule has 2 fully saturated rings. The van der Waals surface area contributed by atoms with Gasteiger partial charge in [-0.05, 0) is 25.0 Å². The lowest BCUT2D eigenvalue weighted by Gasteiger charge is -2.18. The Bertz CT molecular complexity index is 654. The largest absolute Gasteiger partial charge is 0.454 e. The van der Waals surface area contributed by atoms with E-state index in [2.05, 4.69) is 5.32 Å². The van der Waals surface area contributed by atoms with Crippen LogP contribution in [-0.2, 0) is 9.59 Å². The Morgan fingerprint density at radius 1 is 1.21 bits per heavy atom. The van der Waals surface area contributed by atoms with Gasteiger partial charge in [-0.2, -0.15) is 0 Å². The molecule has 0 unspecified atom stereocenters. The number of amides is 2. The number of nitrogens with one attached hydrogen (secondary N) is 1. The summed E-state index contributed by atoms with van der Waals surface area (Å²) in [6, 6.07) is 5.56. The summed E-state index contributed by atoms with van der Waals surface area (Å²) >= 11 is 0. The normalized spacial score (nSPS) is 23.1. The van der Waals surface area contributed by atoms with Gasteiger partial charge in [0.15, 0.2) is 11.5 Å². The van der Waals surface area contributed by atoms with Crippen LogP contribution >= 0.6 is 0 Å². The summed E-state index contributed by atoms with van der Waals surface area (Å²) in [5.41, 5.74) is 0.828. The van der Waals surface area contributed by atoms with Crippen molar-refractivity contribution in [3.05, 3.63) is 18.2 Å². The monoisotopic (exact) mass is 330 g/mol. The van der Waals surface area contributed by atoms with Crippen LogP contribution in [0.5, 0.6) is 11.5 Å². The zero-order valence-electron chi connectivity index (χ0n) is 13.6. The summed E-state index contributed by atoms with van der Waals surface area (Å²) in [4.78, 5) is 26.2. The maximum Gasteiger partial charge on any atom is 0.231 e. The molecule has 2 heterocycles. The highest BCUT2D eigenvalue weighted by Crippen LogP contribution is 2.37. The number of rotatable bonds is 4. The topological polar surface area (TPSA) is 67.9 Å². The van der Waals surface area contributed by atoms with Crippen molar-refractivity contribution < 1.29 is 19.1 Å². The second-order valence-corrected chi connectivity index (χ2v) is 6.84. The lowest BCUT2D eigenvalue weighted by Crippen LogP contribution is -2.34. The first-order valence-electron chi connectivity index (χ1n) is 8.68. The Kier molecular flexibility index (Phi) is 4.04. The van der Waals surface area contributed by atoms with Gasteiger partial charge in [0.05, 0.1) is 0 Å². The van der Waals surface area contributed by atoms with Crippen LogP contribution in [0.4, 0.5) is 5.69 Å². The molecular formula is C18H22N2O4. The van der Waals surface area contributed by atoms with E-state index in [1.54, 1.807) is 4.90 Å². The highest BCUT2D eigenvalue weighted by atomic mass is 16.7. The Morgan fingerprint density at radius 3 is 2.83 bits per heavy atom. The van der Waals surface area contributed by atoms with Crippen molar-refractivity contribution in [1.82, 2.24) is 5.32 Å². The second-order valence-electron chi connectivity index (χ2n) is 6.84. The van der Waals surface area contributed by atoms with Crippen molar-refractivity contribution in [2.75, 3.05) is 24.8 Å². The van der Waals surface area contributed by atoms with E-state index in [-0.39, 0.29) is 30.4 Å². The number of fused-ring (bicyclic) bond motifs is 1. The zero-order chi connectivity index (χ0) is 16.5. The van der Waals surface area contributed by atoms with Gasteiger partial charge < -0.3 is 19.7 Å². The van der Waals surface area contributed by atoms with Crippen LogP contribution in [-0.4, -0.2) is 31.7 Å². The number of nitrogens with zero attached hydrogens (tertiary/aromatic N) is 1. The van der Waals surface area contributed by atoms with Crippen LogP contribution in [0.2, 0.25) is 0 Å². The molecular weight excluding hydrogens is 308 g/mol. The number of hydrogen-bond acceptors (Lipinski definition) is 4. The molecule has 0 radical (unpaired) electrons. The van der Waals surface area contributed by atoms with Crippen molar-refractivity contribution >= 4 is 17.5 Å². The second kappa shape index (κ2) is 6.34. The average Bonchev–Trinajstić information content (AvgIpc) is 3.32. The van der Waals surface area contributed by atoms with Crippen LogP contribution < -0.4 is 19.7 Å². The Labute approximate surface area is 141 Å². The summed E-state index contributed by atoms with van der Waals surface area (Å²) in [5, 5.41) is 3.04. The van der Waals surface area contributed by atoms with E-state index in [9.17, 15) is 9.59 Å². The molecule has 1 saturated carbocycles. The van der Waals surface area contributed by atoms with Crippen LogP contribution in [0, 0.1) is 11.8 Å². The Morgan fingerprint density at radius 2 is 2.00 bits per heavy atom. The minimum absolute atomic E-state index is 0.0916. The molecule has 2 amide bonds. The van der Waals surface area contributed by atoms with Gasteiger partial charge in [0.1, 0.15) is 0 Å². The standard InChI is InChI=1S/C18H22N2O4/c21-17-7-12(9-19-18(22)13-3-1-2-4-13)10-20(17)14-5-6-15-16(8-14)24-11-23-15/h5-6,8,12-13H,1-4,7,9-11H2,(H,19,22)/t12-/m0/s1. The van der Waals surface area contributed by atoms with Crippen molar-refractivity contribution in [3.63, 3.8) is 0 Å². The van der Waals surface area contributed by atoms with Gasteiger partial charge in [-0.3, -0.25) is 9.59 Å². The van der Waals surface area contributed by atoms with Gasteiger partial charge in [-0.15, -0.1) is 0 Å². The molecule has 1 saturated heterocycles. The third kappa shape index (κ3) is 2.92. The van der Waals surface area contributed by atoms with Gasteiger partial charge >= 0.3 is 0 Å². The van der Waals surface area contributed by atoms with Crippen LogP contribution in [0.1, 0.15) is 32.1 Å².